The molecule has 1 aliphatic heterocycles. The predicted molar refractivity (Wildman–Crippen MR) is 127 cm³/mol. The molecule has 1 saturated carbocycles. The van der Waals surface area contributed by atoms with E-state index in [0.29, 0.717) is 48.3 Å². The van der Waals surface area contributed by atoms with Gasteiger partial charge in [-0.15, -0.1) is 0 Å². The topological polar surface area (TPSA) is 83.0 Å². The van der Waals surface area contributed by atoms with Gasteiger partial charge in [-0.3, -0.25) is 5.43 Å². The molecule has 1 aromatic carbocycles. The summed E-state index contributed by atoms with van der Waals surface area (Å²) < 4.78 is 32.4. The van der Waals surface area contributed by atoms with Gasteiger partial charge in [0, 0.05) is 13.1 Å². The summed E-state index contributed by atoms with van der Waals surface area (Å²) in [5, 5.41) is 7.83. The van der Waals surface area contributed by atoms with Crippen LogP contribution in [0.5, 0.6) is 0 Å². The van der Waals surface area contributed by atoms with Crippen molar-refractivity contribution in [1.29, 1.82) is 0 Å². The zero-order valence-corrected chi connectivity index (χ0v) is 20.0. The van der Waals surface area contributed by atoms with Crippen LogP contribution in [0, 0.1) is 17.3 Å². The van der Waals surface area contributed by atoms with Gasteiger partial charge in [-0.25, -0.2) is 8.42 Å². The highest BCUT2D eigenvalue weighted by Crippen LogP contribution is 2.58. The van der Waals surface area contributed by atoms with Crippen LogP contribution in [0.4, 0.5) is 5.69 Å². The van der Waals surface area contributed by atoms with Gasteiger partial charge in [0.05, 0.1) is 35.0 Å². The van der Waals surface area contributed by atoms with Gasteiger partial charge in [-0.2, -0.15) is 9.41 Å². The van der Waals surface area contributed by atoms with Crippen molar-refractivity contribution in [3.63, 3.8) is 0 Å². The number of hydrazone groups is 1. The number of sulfonamides is 1. The van der Waals surface area contributed by atoms with Crippen molar-refractivity contribution in [2.24, 2.45) is 22.4 Å². The number of hydrogen-bond acceptors (Lipinski definition) is 5. The minimum atomic E-state index is -3.63. The highest BCUT2D eigenvalue weighted by Gasteiger charge is 2.50. The molecule has 10 heteroatoms. The number of anilines is 1. The number of benzene rings is 1. The minimum absolute atomic E-state index is 0.154. The molecule has 0 spiro atoms. The van der Waals surface area contributed by atoms with Crippen LogP contribution < -0.4 is 10.7 Å². The minimum Gasteiger partial charge on any atom is -0.379 e. The molecule has 1 heterocycles. The van der Waals surface area contributed by atoms with Crippen LogP contribution in [0.3, 0.4) is 0 Å². The first-order valence-corrected chi connectivity index (χ1v) is 12.6. The molecule has 5 rings (SSSR count). The Hall–Kier alpha value is -1.52. The predicted octanol–water partition coefficient (Wildman–Crippen LogP) is 3.63. The van der Waals surface area contributed by atoms with Crippen LogP contribution in [0.2, 0.25) is 5.02 Å². The fourth-order valence-electron chi connectivity index (χ4n) is 4.56. The lowest BCUT2D eigenvalue weighted by molar-refractivity contribution is -0.00126. The van der Waals surface area contributed by atoms with Crippen molar-refractivity contribution in [3.8, 4) is 0 Å². The Morgan fingerprint density at radius 1 is 1.35 bits per heavy atom. The van der Waals surface area contributed by atoms with Gasteiger partial charge >= 0.3 is 0 Å². The van der Waals surface area contributed by atoms with Crippen molar-refractivity contribution >= 4 is 50.9 Å². The van der Waals surface area contributed by atoms with Gasteiger partial charge in [0.1, 0.15) is 0 Å². The van der Waals surface area contributed by atoms with E-state index in [1.54, 1.807) is 6.07 Å². The number of nitrogens with one attached hydrogen (secondary N) is 2. The SMILES string of the molecule is CC1(C)C2CC=C(C=NNC(=S)Nc3cc(S(=O)(=O)N4CCOCC4)ccc3Cl)C1C2. The maximum absolute atomic E-state index is 12.9. The van der Waals surface area contributed by atoms with E-state index in [4.69, 9.17) is 28.6 Å². The third-order valence-corrected chi connectivity index (χ3v) is 9.10. The summed E-state index contributed by atoms with van der Waals surface area (Å²) in [6.07, 6.45) is 6.39. The number of fused-ring (bicyclic) bond motifs is 1. The van der Waals surface area contributed by atoms with Crippen molar-refractivity contribution in [1.82, 2.24) is 9.73 Å². The number of halogens is 1. The Morgan fingerprint density at radius 3 is 2.77 bits per heavy atom. The Labute approximate surface area is 193 Å². The summed E-state index contributed by atoms with van der Waals surface area (Å²) in [5.41, 5.74) is 4.78. The smallest absolute Gasteiger partial charge is 0.243 e. The number of morpholine rings is 1. The zero-order chi connectivity index (χ0) is 22.2. The van der Waals surface area contributed by atoms with E-state index in [2.05, 4.69) is 35.8 Å². The first kappa shape index (κ1) is 22.7. The maximum Gasteiger partial charge on any atom is 0.243 e. The lowest BCUT2D eigenvalue weighted by Gasteiger charge is -2.55. The molecule has 2 bridgehead atoms. The van der Waals surface area contributed by atoms with Gasteiger partial charge in [-0.05, 0) is 66.1 Å². The first-order chi connectivity index (χ1) is 14.7. The van der Waals surface area contributed by atoms with Crippen LogP contribution in [0.15, 0.2) is 39.8 Å². The maximum atomic E-state index is 12.9. The summed E-state index contributed by atoms with van der Waals surface area (Å²) in [4.78, 5) is 0.154. The van der Waals surface area contributed by atoms with E-state index < -0.39 is 10.0 Å². The number of ether oxygens (including phenoxy) is 1. The Balaban J connectivity index is 1.40. The van der Waals surface area contributed by atoms with Gasteiger partial charge in [0.25, 0.3) is 0 Å². The summed E-state index contributed by atoms with van der Waals surface area (Å²) in [6.45, 7) is 6.06. The van der Waals surface area contributed by atoms with Crippen LogP contribution in [-0.4, -0.2) is 50.4 Å². The summed E-state index contributed by atoms with van der Waals surface area (Å²) >= 11 is 11.6. The number of nitrogens with zero attached hydrogens (tertiary/aromatic N) is 2. The zero-order valence-electron chi connectivity index (χ0n) is 17.6. The fourth-order valence-corrected chi connectivity index (χ4v) is 6.32. The molecule has 2 N–H and O–H groups in total. The largest absolute Gasteiger partial charge is 0.379 e. The second-order valence-electron chi connectivity index (χ2n) is 8.73. The highest BCUT2D eigenvalue weighted by molar-refractivity contribution is 7.89. The van der Waals surface area contributed by atoms with Crippen molar-refractivity contribution in [3.05, 3.63) is 34.9 Å². The third-order valence-electron chi connectivity index (χ3n) is 6.68. The van der Waals surface area contributed by atoms with E-state index in [9.17, 15) is 8.42 Å². The second kappa shape index (κ2) is 8.78. The molecule has 1 saturated heterocycles. The number of hydrogen-bond donors (Lipinski definition) is 2. The quantitative estimate of drug-likeness (QED) is 0.379. The number of allylic oxidation sites excluding steroid dienone is 2. The van der Waals surface area contributed by atoms with Gasteiger partial charge in [-0.1, -0.05) is 31.5 Å². The second-order valence-corrected chi connectivity index (χ2v) is 11.5. The average molecular weight is 483 g/mol. The van der Waals surface area contributed by atoms with Gasteiger partial charge < -0.3 is 10.1 Å². The van der Waals surface area contributed by atoms with Crippen LogP contribution in [0.25, 0.3) is 0 Å². The Kier molecular flexibility index (Phi) is 6.42. The first-order valence-electron chi connectivity index (χ1n) is 10.4. The normalized spacial score (nSPS) is 25.6. The lowest BCUT2D eigenvalue weighted by atomic mass is 9.49. The van der Waals surface area contributed by atoms with Crippen LogP contribution in [0.1, 0.15) is 26.7 Å². The molecule has 168 valence electrons. The van der Waals surface area contributed by atoms with E-state index >= 15 is 0 Å². The number of rotatable bonds is 5. The molecule has 0 aromatic heterocycles. The van der Waals surface area contributed by atoms with Crippen LogP contribution >= 0.6 is 23.8 Å². The molecule has 1 aromatic rings. The molecule has 3 aliphatic carbocycles. The highest BCUT2D eigenvalue weighted by atomic mass is 35.5. The molecular formula is C21H27ClN4O3S2. The standard InChI is InChI=1S/C21H27ClN4O3S2/c1-21(2)15-4-3-14(17(21)11-15)13-23-25-20(30)24-19-12-16(5-6-18(19)22)31(27,28)26-7-9-29-10-8-26/h3,5-6,12-13,15,17H,4,7-11H2,1-2H3,(H2,24,25,30). The monoisotopic (exact) mass is 482 g/mol. The molecule has 7 nitrogen and oxygen atoms in total. The third kappa shape index (κ3) is 4.52. The molecule has 2 fully saturated rings. The van der Waals surface area contributed by atoms with Crippen LogP contribution in [-0.2, 0) is 14.8 Å². The Bertz CT molecular complexity index is 1030. The van der Waals surface area contributed by atoms with Gasteiger partial charge in [0.2, 0.25) is 10.0 Å². The van der Waals surface area contributed by atoms with Crippen molar-refractivity contribution in [2.75, 3.05) is 31.6 Å². The number of thiocarbonyl (C=S) groups is 1. The molecule has 2 unspecified atom stereocenters. The van der Waals surface area contributed by atoms with Gasteiger partial charge in [0.15, 0.2) is 5.11 Å². The lowest BCUT2D eigenvalue weighted by Crippen LogP contribution is -2.48. The molecule has 2 atom stereocenters. The summed E-state index contributed by atoms with van der Waals surface area (Å²) in [5.74, 6) is 1.31. The van der Waals surface area contributed by atoms with E-state index in [-0.39, 0.29) is 10.0 Å². The van der Waals surface area contributed by atoms with Crippen molar-refractivity contribution in [2.45, 2.75) is 31.6 Å². The van der Waals surface area contributed by atoms with E-state index in [0.717, 1.165) is 12.3 Å². The average Bonchev–Trinajstić information content (AvgIpc) is 2.75. The summed E-state index contributed by atoms with van der Waals surface area (Å²) in [7, 11) is -3.63. The van der Waals surface area contributed by atoms with E-state index in [1.165, 1.54) is 28.4 Å². The fraction of sp³-hybridized carbons (Fsp3) is 0.524. The molecule has 0 radical (unpaired) electrons. The Morgan fingerprint density at radius 2 is 2.10 bits per heavy atom. The molecule has 4 aliphatic rings. The van der Waals surface area contributed by atoms with Crippen molar-refractivity contribution < 1.29 is 13.2 Å². The molecule has 0 amide bonds. The summed E-state index contributed by atoms with van der Waals surface area (Å²) in [6, 6.07) is 4.53. The molecular weight excluding hydrogens is 456 g/mol. The van der Waals surface area contributed by atoms with E-state index in [1.807, 2.05) is 6.21 Å². The molecule has 31 heavy (non-hydrogen) atoms.